The second-order valence-corrected chi connectivity index (χ2v) is 11.7. The standard InChI is InChI=1S/C32H34Cl2N6O3S/c1-3-22(2)29(37-30(41)16-27-17-35-21-39(27)18-23-12-14-26(15-13-23)40(42)43)20-38(19-24-8-7-11-28(33)31(24)34)32(44)36-25-9-5-4-6-10-25/h4-15,17,21-22,29H,3,16,18-20H2,1-2H3,(H,36,44)(H,37,41)/t22-,29+/m0/s1. The van der Waals surface area contributed by atoms with E-state index in [4.69, 9.17) is 35.4 Å². The lowest BCUT2D eigenvalue weighted by Gasteiger charge is -2.33. The van der Waals surface area contributed by atoms with Crippen molar-refractivity contribution in [1.29, 1.82) is 0 Å². The van der Waals surface area contributed by atoms with Crippen LogP contribution in [0, 0.1) is 16.0 Å². The summed E-state index contributed by atoms with van der Waals surface area (Å²) in [6, 6.07) is 21.3. The van der Waals surface area contributed by atoms with Gasteiger partial charge in [-0.25, -0.2) is 4.98 Å². The van der Waals surface area contributed by atoms with Crippen molar-refractivity contribution in [2.75, 3.05) is 11.9 Å². The number of imidazole rings is 1. The van der Waals surface area contributed by atoms with E-state index in [0.29, 0.717) is 34.8 Å². The van der Waals surface area contributed by atoms with E-state index >= 15 is 0 Å². The Morgan fingerprint density at radius 2 is 1.82 bits per heavy atom. The molecule has 44 heavy (non-hydrogen) atoms. The van der Waals surface area contributed by atoms with Gasteiger partial charge in [0.25, 0.3) is 5.69 Å². The Hall–Kier alpha value is -3.99. The first-order valence-corrected chi connectivity index (χ1v) is 15.4. The molecule has 0 aliphatic carbocycles. The van der Waals surface area contributed by atoms with Gasteiger partial charge in [0.15, 0.2) is 5.11 Å². The van der Waals surface area contributed by atoms with Crippen LogP contribution in [0.15, 0.2) is 85.3 Å². The number of amides is 1. The smallest absolute Gasteiger partial charge is 0.269 e. The molecule has 230 valence electrons. The number of non-ortho nitro benzene ring substituents is 1. The second kappa shape index (κ2) is 15.7. The zero-order valence-electron chi connectivity index (χ0n) is 24.5. The highest BCUT2D eigenvalue weighted by Crippen LogP contribution is 2.27. The Bertz CT molecular complexity index is 1580. The molecule has 1 heterocycles. The number of thiocarbonyl (C=S) groups is 1. The van der Waals surface area contributed by atoms with Crippen LogP contribution in [-0.2, 0) is 24.3 Å². The number of nitro benzene ring substituents is 1. The Kier molecular flexibility index (Phi) is 11.7. The minimum absolute atomic E-state index is 0.0280. The van der Waals surface area contributed by atoms with Crippen LogP contribution < -0.4 is 10.6 Å². The molecule has 0 saturated heterocycles. The lowest BCUT2D eigenvalue weighted by Crippen LogP contribution is -2.50. The summed E-state index contributed by atoms with van der Waals surface area (Å²) in [5, 5.41) is 19.0. The van der Waals surface area contributed by atoms with Crippen LogP contribution in [0.4, 0.5) is 11.4 Å². The van der Waals surface area contributed by atoms with Crippen molar-refractivity contribution in [3.63, 3.8) is 0 Å². The Labute approximate surface area is 272 Å². The fourth-order valence-electron chi connectivity index (χ4n) is 4.69. The molecule has 2 atom stereocenters. The van der Waals surface area contributed by atoms with Gasteiger partial charge in [-0.05, 0) is 47.5 Å². The highest BCUT2D eigenvalue weighted by atomic mass is 35.5. The molecule has 0 aliphatic heterocycles. The molecule has 2 N–H and O–H groups in total. The van der Waals surface area contributed by atoms with Crippen LogP contribution in [0.1, 0.15) is 37.1 Å². The van der Waals surface area contributed by atoms with Gasteiger partial charge in [0.05, 0.1) is 27.7 Å². The van der Waals surface area contributed by atoms with Gasteiger partial charge in [-0.3, -0.25) is 14.9 Å². The van der Waals surface area contributed by atoms with Crippen molar-refractivity contribution in [2.24, 2.45) is 5.92 Å². The zero-order valence-corrected chi connectivity index (χ0v) is 26.8. The Morgan fingerprint density at radius 1 is 1.09 bits per heavy atom. The fourth-order valence-corrected chi connectivity index (χ4v) is 5.33. The van der Waals surface area contributed by atoms with Crippen molar-refractivity contribution < 1.29 is 9.72 Å². The quantitative estimate of drug-likeness (QED) is 0.0900. The van der Waals surface area contributed by atoms with E-state index < -0.39 is 4.92 Å². The third-order valence-corrected chi connectivity index (χ3v) is 8.66. The van der Waals surface area contributed by atoms with E-state index in [9.17, 15) is 14.9 Å². The van der Waals surface area contributed by atoms with Crippen LogP contribution in [0.3, 0.4) is 0 Å². The molecule has 1 amide bonds. The summed E-state index contributed by atoms with van der Waals surface area (Å²) in [7, 11) is 0. The number of nitro groups is 1. The second-order valence-electron chi connectivity index (χ2n) is 10.6. The molecule has 3 aromatic carbocycles. The molecule has 4 rings (SSSR count). The third kappa shape index (κ3) is 9.01. The largest absolute Gasteiger partial charge is 0.351 e. The number of carbonyl (C=O) groups excluding carboxylic acids is 1. The average Bonchev–Trinajstić information content (AvgIpc) is 3.44. The van der Waals surface area contributed by atoms with Gasteiger partial charge in [-0.15, -0.1) is 0 Å². The molecule has 1 aromatic heterocycles. The molecular weight excluding hydrogens is 619 g/mol. The molecule has 0 saturated carbocycles. The first-order chi connectivity index (χ1) is 21.1. The molecular formula is C32H34Cl2N6O3S. The maximum atomic E-state index is 13.4. The normalized spacial score (nSPS) is 12.3. The fraction of sp³-hybridized carbons (Fsp3) is 0.281. The highest BCUT2D eigenvalue weighted by Gasteiger charge is 2.25. The van der Waals surface area contributed by atoms with Crippen LogP contribution in [0.2, 0.25) is 10.0 Å². The predicted molar refractivity (Wildman–Crippen MR) is 179 cm³/mol. The molecule has 9 nitrogen and oxygen atoms in total. The average molecular weight is 654 g/mol. The third-order valence-electron chi connectivity index (χ3n) is 7.44. The Balaban J connectivity index is 1.49. The van der Waals surface area contributed by atoms with Crippen molar-refractivity contribution in [3.8, 4) is 0 Å². The molecule has 0 fully saturated rings. The van der Waals surface area contributed by atoms with Crippen molar-refractivity contribution in [1.82, 2.24) is 19.8 Å². The van der Waals surface area contributed by atoms with Crippen LogP contribution in [-0.4, -0.2) is 43.0 Å². The van der Waals surface area contributed by atoms with Crippen LogP contribution in [0.25, 0.3) is 0 Å². The number of anilines is 1. The number of halogens is 2. The van der Waals surface area contributed by atoms with Crippen LogP contribution in [0.5, 0.6) is 0 Å². The monoisotopic (exact) mass is 652 g/mol. The first-order valence-electron chi connectivity index (χ1n) is 14.2. The number of nitrogens with one attached hydrogen (secondary N) is 2. The number of hydrogen-bond acceptors (Lipinski definition) is 5. The molecule has 0 spiro atoms. The predicted octanol–water partition coefficient (Wildman–Crippen LogP) is 7.12. The topological polar surface area (TPSA) is 105 Å². The molecule has 12 heteroatoms. The lowest BCUT2D eigenvalue weighted by atomic mass is 9.98. The van der Waals surface area contributed by atoms with Crippen molar-refractivity contribution in [3.05, 3.63) is 122 Å². The highest BCUT2D eigenvalue weighted by molar-refractivity contribution is 7.80. The number of nitrogens with zero attached hydrogens (tertiary/aromatic N) is 4. The number of aromatic nitrogens is 2. The number of hydrogen-bond donors (Lipinski definition) is 2. The van der Waals surface area contributed by atoms with Gasteiger partial charge in [-0.2, -0.15) is 0 Å². The molecule has 4 aromatic rings. The molecule has 0 unspecified atom stereocenters. The summed E-state index contributed by atoms with van der Waals surface area (Å²) >= 11 is 18.7. The van der Waals surface area contributed by atoms with E-state index in [1.807, 2.05) is 51.9 Å². The number of carbonyl (C=O) groups is 1. The van der Waals surface area contributed by atoms with Gasteiger partial charge in [-0.1, -0.05) is 85.9 Å². The number of benzene rings is 3. The summed E-state index contributed by atoms with van der Waals surface area (Å²) in [4.78, 5) is 30.2. The Morgan fingerprint density at radius 3 is 2.50 bits per heavy atom. The molecule has 0 radical (unpaired) electrons. The van der Waals surface area contributed by atoms with E-state index in [-0.39, 0.29) is 30.0 Å². The summed E-state index contributed by atoms with van der Waals surface area (Å²) in [5.74, 6) is -0.00995. The van der Waals surface area contributed by atoms with Crippen molar-refractivity contribution in [2.45, 2.75) is 45.8 Å². The van der Waals surface area contributed by atoms with Gasteiger partial charge in [0, 0.05) is 55.4 Å². The van der Waals surface area contributed by atoms with Gasteiger partial charge >= 0.3 is 0 Å². The van der Waals surface area contributed by atoms with E-state index in [1.165, 1.54) is 12.1 Å². The summed E-state index contributed by atoms with van der Waals surface area (Å²) < 4.78 is 1.87. The van der Waals surface area contributed by atoms with Crippen LogP contribution >= 0.6 is 35.4 Å². The molecule has 0 bridgehead atoms. The van der Waals surface area contributed by atoms with E-state index in [1.54, 1.807) is 30.7 Å². The summed E-state index contributed by atoms with van der Waals surface area (Å²) in [5.41, 5.74) is 3.29. The van der Waals surface area contributed by atoms with E-state index in [2.05, 4.69) is 29.5 Å². The maximum Gasteiger partial charge on any atom is 0.269 e. The maximum absolute atomic E-state index is 13.4. The van der Waals surface area contributed by atoms with Gasteiger partial charge in [0.2, 0.25) is 5.91 Å². The summed E-state index contributed by atoms with van der Waals surface area (Å²) in [6.45, 7) is 5.44. The number of para-hydroxylation sites is 1. The first kappa shape index (κ1) is 32.9. The minimum Gasteiger partial charge on any atom is -0.351 e. The van der Waals surface area contributed by atoms with E-state index in [0.717, 1.165) is 28.9 Å². The zero-order chi connectivity index (χ0) is 31.6. The SMILES string of the molecule is CC[C@H](C)[C@@H](CN(Cc1cccc(Cl)c1Cl)C(=S)Nc1ccccc1)NC(=O)Cc1cncn1Cc1ccc([N+](=O)[O-])cc1. The van der Waals surface area contributed by atoms with Gasteiger partial charge < -0.3 is 20.1 Å². The minimum atomic E-state index is -0.431. The van der Waals surface area contributed by atoms with Gasteiger partial charge in [0.1, 0.15) is 0 Å². The number of rotatable bonds is 13. The summed E-state index contributed by atoms with van der Waals surface area (Å²) in [6.07, 6.45) is 4.27. The van der Waals surface area contributed by atoms with Crippen molar-refractivity contribution >= 4 is 57.8 Å². The molecule has 0 aliphatic rings. The lowest BCUT2D eigenvalue weighted by molar-refractivity contribution is -0.384.